The van der Waals surface area contributed by atoms with E-state index in [0.29, 0.717) is 38.0 Å². The van der Waals surface area contributed by atoms with E-state index < -0.39 is 0 Å². The Morgan fingerprint density at radius 2 is 1.81 bits per heavy atom. The third kappa shape index (κ3) is 5.34. The van der Waals surface area contributed by atoms with Gasteiger partial charge in [0.05, 0.1) is 11.1 Å². The van der Waals surface area contributed by atoms with Crippen molar-refractivity contribution in [1.29, 1.82) is 0 Å². The Bertz CT molecular complexity index is 1020. The number of carbonyl (C=O) groups is 2. The smallest absolute Gasteiger partial charge is 0.254 e. The molecule has 168 valence electrons. The number of rotatable bonds is 6. The molecule has 1 aromatic carbocycles. The third-order valence-corrected chi connectivity index (χ3v) is 6.02. The molecule has 31 heavy (non-hydrogen) atoms. The van der Waals surface area contributed by atoms with Crippen molar-refractivity contribution in [1.82, 2.24) is 19.7 Å². The summed E-state index contributed by atoms with van der Waals surface area (Å²) in [6, 6.07) is 8.88. The SMILES string of the molecule is CN(C)CC(C)(C)CNC(=O)C1CCN(C(=O)c2cc(=O)n(C)c3ccccc23)CC1. The monoisotopic (exact) mass is 426 g/mol. The molecule has 2 aromatic rings. The highest BCUT2D eigenvalue weighted by atomic mass is 16.2. The minimum atomic E-state index is -0.198. The van der Waals surface area contributed by atoms with Crippen LogP contribution in [0.15, 0.2) is 35.1 Å². The van der Waals surface area contributed by atoms with Gasteiger partial charge in [-0.1, -0.05) is 32.0 Å². The van der Waals surface area contributed by atoms with Crippen LogP contribution in [-0.2, 0) is 11.8 Å². The molecule has 0 aliphatic carbocycles. The molecule has 0 bridgehead atoms. The first-order valence-electron chi connectivity index (χ1n) is 10.9. The molecule has 0 radical (unpaired) electrons. The van der Waals surface area contributed by atoms with Crippen molar-refractivity contribution in [2.75, 3.05) is 40.3 Å². The van der Waals surface area contributed by atoms with Gasteiger partial charge < -0.3 is 19.7 Å². The molecule has 1 aliphatic heterocycles. The van der Waals surface area contributed by atoms with Gasteiger partial charge in [0.1, 0.15) is 0 Å². The van der Waals surface area contributed by atoms with E-state index in [0.717, 1.165) is 17.4 Å². The van der Waals surface area contributed by atoms with Gasteiger partial charge in [0, 0.05) is 50.6 Å². The summed E-state index contributed by atoms with van der Waals surface area (Å²) in [5.74, 6) is -0.155. The lowest BCUT2D eigenvalue weighted by Crippen LogP contribution is -2.46. The minimum Gasteiger partial charge on any atom is -0.355 e. The number of hydrogen-bond acceptors (Lipinski definition) is 4. The maximum absolute atomic E-state index is 13.2. The largest absolute Gasteiger partial charge is 0.355 e. The van der Waals surface area contributed by atoms with Crippen LogP contribution < -0.4 is 10.9 Å². The van der Waals surface area contributed by atoms with E-state index in [1.54, 1.807) is 16.5 Å². The molecule has 7 heteroatoms. The number of aromatic nitrogens is 1. The van der Waals surface area contributed by atoms with Crippen molar-refractivity contribution in [3.63, 3.8) is 0 Å². The predicted octanol–water partition coefficient (Wildman–Crippen LogP) is 2.09. The molecule has 0 atom stereocenters. The number of benzene rings is 1. The fourth-order valence-electron chi connectivity index (χ4n) is 4.49. The Labute approximate surface area is 184 Å². The van der Waals surface area contributed by atoms with Crippen LogP contribution in [0.4, 0.5) is 0 Å². The molecule has 0 spiro atoms. The van der Waals surface area contributed by atoms with Crippen molar-refractivity contribution in [2.24, 2.45) is 18.4 Å². The van der Waals surface area contributed by atoms with Gasteiger partial charge in [0.25, 0.3) is 11.5 Å². The normalized spacial score (nSPS) is 15.5. The summed E-state index contributed by atoms with van der Waals surface area (Å²) in [4.78, 5) is 42.1. The molecule has 0 unspecified atom stereocenters. The average Bonchev–Trinajstić information content (AvgIpc) is 2.73. The first-order chi connectivity index (χ1) is 14.6. The van der Waals surface area contributed by atoms with Gasteiger partial charge >= 0.3 is 0 Å². The number of pyridine rings is 1. The van der Waals surface area contributed by atoms with E-state index in [9.17, 15) is 14.4 Å². The van der Waals surface area contributed by atoms with Crippen LogP contribution >= 0.6 is 0 Å². The lowest BCUT2D eigenvalue weighted by Gasteiger charge is -2.33. The summed E-state index contributed by atoms with van der Waals surface area (Å²) in [5.41, 5.74) is 0.979. The number of piperidine rings is 1. The quantitative estimate of drug-likeness (QED) is 0.768. The van der Waals surface area contributed by atoms with Crippen molar-refractivity contribution in [3.8, 4) is 0 Å². The molecule has 1 saturated heterocycles. The fourth-order valence-corrected chi connectivity index (χ4v) is 4.49. The van der Waals surface area contributed by atoms with Gasteiger partial charge in [-0.15, -0.1) is 0 Å². The summed E-state index contributed by atoms with van der Waals surface area (Å²) >= 11 is 0. The average molecular weight is 427 g/mol. The second-order valence-electron chi connectivity index (χ2n) is 9.66. The molecule has 0 saturated carbocycles. The summed E-state index contributed by atoms with van der Waals surface area (Å²) in [7, 11) is 5.77. The van der Waals surface area contributed by atoms with Crippen LogP contribution in [0.2, 0.25) is 0 Å². The summed E-state index contributed by atoms with van der Waals surface area (Å²) in [5, 5.41) is 3.87. The number of para-hydroxylation sites is 1. The minimum absolute atomic E-state index is 0.00360. The number of likely N-dealkylation sites (tertiary alicyclic amines) is 1. The lowest BCUT2D eigenvalue weighted by molar-refractivity contribution is -0.126. The van der Waals surface area contributed by atoms with Crippen LogP contribution in [0.25, 0.3) is 10.9 Å². The Hall–Kier alpha value is -2.67. The molecular formula is C24H34N4O3. The Morgan fingerprint density at radius 1 is 1.16 bits per heavy atom. The Balaban J connectivity index is 1.63. The van der Waals surface area contributed by atoms with Gasteiger partial charge in [0.15, 0.2) is 0 Å². The molecule has 2 heterocycles. The molecule has 1 N–H and O–H groups in total. The zero-order chi connectivity index (χ0) is 22.8. The zero-order valence-electron chi connectivity index (χ0n) is 19.3. The van der Waals surface area contributed by atoms with Crippen LogP contribution in [0.1, 0.15) is 37.0 Å². The number of hydrogen-bond donors (Lipinski definition) is 1. The predicted molar refractivity (Wildman–Crippen MR) is 123 cm³/mol. The summed E-state index contributed by atoms with van der Waals surface area (Å²) in [6.07, 6.45) is 1.27. The second-order valence-corrected chi connectivity index (χ2v) is 9.66. The number of nitrogens with zero attached hydrogens (tertiary/aromatic N) is 3. The standard InChI is InChI=1S/C24H34N4O3/c1-24(2,16-26(3)4)15-25-22(30)17-10-12-28(13-11-17)23(31)19-14-21(29)27(5)20-9-7-6-8-18(19)20/h6-9,14,17H,10-13,15-16H2,1-5H3,(H,25,30). The number of aryl methyl sites for hydroxylation is 1. The van der Waals surface area contributed by atoms with E-state index in [4.69, 9.17) is 0 Å². The first-order valence-corrected chi connectivity index (χ1v) is 10.9. The van der Waals surface area contributed by atoms with Gasteiger partial charge in [0.2, 0.25) is 5.91 Å². The van der Waals surface area contributed by atoms with Crippen LogP contribution in [0, 0.1) is 11.3 Å². The Morgan fingerprint density at radius 3 is 2.45 bits per heavy atom. The van der Waals surface area contributed by atoms with Crippen molar-refractivity contribution in [2.45, 2.75) is 26.7 Å². The summed E-state index contributed by atoms with van der Waals surface area (Å²) in [6.45, 7) is 6.84. The van der Waals surface area contributed by atoms with Gasteiger partial charge in [-0.25, -0.2) is 0 Å². The highest BCUT2D eigenvalue weighted by Gasteiger charge is 2.30. The van der Waals surface area contributed by atoms with Crippen molar-refractivity contribution >= 4 is 22.7 Å². The highest BCUT2D eigenvalue weighted by Crippen LogP contribution is 2.23. The van der Waals surface area contributed by atoms with E-state index in [1.807, 2.05) is 38.4 Å². The number of carbonyl (C=O) groups excluding carboxylic acids is 2. The molecule has 7 nitrogen and oxygen atoms in total. The van der Waals surface area contributed by atoms with Crippen LogP contribution in [0.5, 0.6) is 0 Å². The second kappa shape index (κ2) is 9.22. The Kier molecular flexibility index (Phi) is 6.84. The van der Waals surface area contributed by atoms with Gasteiger partial charge in [-0.2, -0.15) is 0 Å². The topological polar surface area (TPSA) is 74.7 Å². The maximum atomic E-state index is 13.2. The maximum Gasteiger partial charge on any atom is 0.254 e. The molecule has 1 fully saturated rings. The summed E-state index contributed by atoms with van der Waals surface area (Å²) < 4.78 is 1.56. The molecule has 3 rings (SSSR count). The van der Waals surface area contributed by atoms with E-state index >= 15 is 0 Å². The third-order valence-electron chi connectivity index (χ3n) is 6.02. The highest BCUT2D eigenvalue weighted by molar-refractivity contribution is 6.06. The van der Waals surface area contributed by atoms with Crippen LogP contribution in [-0.4, -0.2) is 66.5 Å². The molecule has 1 aromatic heterocycles. The molecule has 2 amide bonds. The van der Waals surface area contributed by atoms with Crippen molar-refractivity contribution < 1.29 is 9.59 Å². The van der Waals surface area contributed by atoms with E-state index in [1.165, 1.54) is 6.07 Å². The van der Waals surface area contributed by atoms with Gasteiger partial charge in [-0.3, -0.25) is 14.4 Å². The lowest BCUT2D eigenvalue weighted by atomic mass is 9.91. The number of nitrogens with one attached hydrogen (secondary N) is 1. The van der Waals surface area contributed by atoms with Gasteiger partial charge in [-0.05, 0) is 38.4 Å². The van der Waals surface area contributed by atoms with Crippen LogP contribution in [0.3, 0.4) is 0 Å². The van der Waals surface area contributed by atoms with Crippen molar-refractivity contribution in [3.05, 3.63) is 46.2 Å². The first kappa shape index (κ1) is 23.0. The number of amides is 2. The number of fused-ring (bicyclic) bond motifs is 1. The van der Waals surface area contributed by atoms with E-state index in [2.05, 4.69) is 24.1 Å². The zero-order valence-corrected chi connectivity index (χ0v) is 19.3. The van der Waals surface area contributed by atoms with E-state index in [-0.39, 0.29) is 28.7 Å². The molecule has 1 aliphatic rings. The fraction of sp³-hybridized carbons (Fsp3) is 0.542. The molecular weight excluding hydrogens is 392 g/mol.